The molecule has 2 aromatic carbocycles. The topological polar surface area (TPSA) is 12.0 Å². The molecule has 0 saturated carbocycles. The molecule has 1 N–H and O–H groups in total. The second kappa shape index (κ2) is 6.36. The van der Waals surface area contributed by atoms with Gasteiger partial charge >= 0.3 is 0 Å². The molecule has 0 saturated heterocycles. The number of hydrogen-bond donors (Lipinski definition) is 1. The Kier molecular flexibility index (Phi) is 4.31. The Hall–Kier alpha value is -1.41. The molecular formula is C18H21NS. The Bertz CT molecular complexity index is 579. The van der Waals surface area contributed by atoms with Crippen molar-refractivity contribution < 1.29 is 0 Å². The fraction of sp³-hybridized carbons (Fsp3) is 0.333. The zero-order valence-corrected chi connectivity index (χ0v) is 12.7. The molecule has 0 amide bonds. The van der Waals surface area contributed by atoms with E-state index in [9.17, 15) is 0 Å². The molecule has 0 radical (unpaired) electrons. The van der Waals surface area contributed by atoms with Crippen LogP contribution in [-0.2, 0) is 0 Å². The van der Waals surface area contributed by atoms with Crippen molar-refractivity contribution in [2.45, 2.75) is 48.4 Å². The molecule has 104 valence electrons. The fourth-order valence-corrected chi connectivity index (χ4v) is 3.84. The second-order valence-corrected chi connectivity index (χ2v) is 6.41. The predicted molar refractivity (Wildman–Crippen MR) is 87.5 cm³/mol. The Balaban J connectivity index is 1.93. The first kappa shape index (κ1) is 13.6. The first-order valence-corrected chi connectivity index (χ1v) is 8.32. The number of para-hydroxylation sites is 1. The third-order valence-electron chi connectivity index (χ3n) is 3.83. The van der Waals surface area contributed by atoms with Crippen LogP contribution >= 0.6 is 11.8 Å². The predicted octanol–water partition coefficient (Wildman–Crippen LogP) is 5.88. The van der Waals surface area contributed by atoms with Gasteiger partial charge in [-0.25, -0.2) is 0 Å². The minimum absolute atomic E-state index is 0.439. The summed E-state index contributed by atoms with van der Waals surface area (Å²) >= 11 is 1.88. The highest BCUT2D eigenvalue weighted by atomic mass is 32.2. The summed E-state index contributed by atoms with van der Waals surface area (Å²) in [5.74, 6) is 0. The van der Waals surface area contributed by atoms with E-state index in [0.29, 0.717) is 6.04 Å². The van der Waals surface area contributed by atoms with E-state index in [-0.39, 0.29) is 0 Å². The summed E-state index contributed by atoms with van der Waals surface area (Å²) in [7, 11) is 0. The van der Waals surface area contributed by atoms with Crippen LogP contribution in [0.15, 0.2) is 58.3 Å². The Morgan fingerprint density at radius 2 is 1.70 bits per heavy atom. The van der Waals surface area contributed by atoms with Gasteiger partial charge in [0.05, 0.1) is 6.04 Å². The summed E-state index contributed by atoms with van der Waals surface area (Å²) in [6, 6.07) is 17.9. The molecular weight excluding hydrogens is 262 g/mol. The van der Waals surface area contributed by atoms with Crippen LogP contribution in [0.4, 0.5) is 5.69 Å². The lowest BCUT2D eigenvalue weighted by molar-refractivity contribution is 0.601. The summed E-state index contributed by atoms with van der Waals surface area (Å²) in [6.45, 7) is 2.26. The monoisotopic (exact) mass is 283 g/mol. The number of fused-ring (bicyclic) bond motifs is 2. The van der Waals surface area contributed by atoms with Gasteiger partial charge in [0.15, 0.2) is 0 Å². The van der Waals surface area contributed by atoms with Gasteiger partial charge in [-0.1, -0.05) is 68.3 Å². The molecule has 0 aromatic heterocycles. The van der Waals surface area contributed by atoms with Crippen molar-refractivity contribution in [2.24, 2.45) is 0 Å². The molecule has 2 aromatic rings. The lowest BCUT2D eigenvalue weighted by Crippen LogP contribution is -2.10. The van der Waals surface area contributed by atoms with E-state index >= 15 is 0 Å². The minimum atomic E-state index is 0.439. The third kappa shape index (κ3) is 2.85. The third-order valence-corrected chi connectivity index (χ3v) is 5.00. The van der Waals surface area contributed by atoms with Crippen LogP contribution < -0.4 is 5.32 Å². The van der Waals surface area contributed by atoms with Crippen molar-refractivity contribution in [2.75, 3.05) is 5.32 Å². The van der Waals surface area contributed by atoms with Gasteiger partial charge in [0.2, 0.25) is 0 Å². The Labute approximate surface area is 125 Å². The van der Waals surface area contributed by atoms with Crippen LogP contribution in [0.25, 0.3) is 0 Å². The molecule has 0 fully saturated rings. The molecule has 1 heterocycles. The van der Waals surface area contributed by atoms with Crippen LogP contribution in [0.1, 0.15) is 44.2 Å². The highest BCUT2D eigenvalue weighted by molar-refractivity contribution is 7.99. The summed E-state index contributed by atoms with van der Waals surface area (Å²) in [6.07, 6.45) is 5.09. The number of rotatable bonds is 4. The minimum Gasteiger partial charge on any atom is -0.377 e. The average Bonchev–Trinajstić information content (AvgIpc) is 2.64. The average molecular weight is 283 g/mol. The first-order valence-electron chi connectivity index (χ1n) is 7.51. The normalized spacial score (nSPS) is 16.8. The quantitative estimate of drug-likeness (QED) is 0.703. The molecule has 1 nitrogen and oxygen atoms in total. The molecule has 20 heavy (non-hydrogen) atoms. The zero-order chi connectivity index (χ0) is 13.8. The first-order chi connectivity index (χ1) is 9.88. The Morgan fingerprint density at radius 3 is 2.55 bits per heavy atom. The summed E-state index contributed by atoms with van der Waals surface area (Å²) in [5.41, 5.74) is 2.72. The SMILES string of the molecule is CCCCC[C@H]1Nc2ccccc2Sc2ccccc21. The van der Waals surface area contributed by atoms with Crippen LogP contribution in [0.5, 0.6) is 0 Å². The molecule has 3 rings (SSSR count). The molecule has 1 atom stereocenters. The highest BCUT2D eigenvalue weighted by Gasteiger charge is 2.20. The smallest absolute Gasteiger partial charge is 0.0525 e. The largest absolute Gasteiger partial charge is 0.377 e. The van der Waals surface area contributed by atoms with Gasteiger partial charge in [-0.2, -0.15) is 0 Å². The molecule has 2 heteroatoms. The number of benzene rings is 2. The summed E-state index contributed by atoms with van der Waals surface area (Å²) < 4.78 is 0. The van der Waals surface area contributed by atoms with Crippen molar-refractivity contribution in [3.8, 4) is 0 Å². The van der Waals surface area contributed by atoms with Crippen molar-refractivity contribution in [3.63, 3.8) is 0 Å². The maximum absolute atomic E-state index is 3.75. The van der Waals surface area contributed by atoms with E-state index < -0.39 is 0 Å². The molecule has 1 aliphatic heterocycles. The molecule has 0 spiro atoms. The maximum atomic E-state index is 3.75. The van der Waals surface area contributed by atoms with Gasteiger partial charge in [0, 0.05) is 15.5 Å². The van der Waals surface area contributed by atoms with Crippen molar-refractivity contribution in [1.82, 2.24) is 0 Å². The van der Waals surface area contributed by atoms with Crippen LogP contribution in [-0.4, -0.2) is 0 Å². The summed E-state index contributed by atoms with van der Waals surface area (Å²) in [4.78, 5) is 2.73. The number of nitrogens with one attached hydrogen (secondary N) is 1. The molecule has 0 bridgehead atoms. The highest BCUT2D eigenvalue weighted by Crippen LogP contribution is 2.43. The Morgan fingerprint density at radius 1 is 0.950 bits per heavy atom. The van der Waals surface area contributed by atoms with E-state index in [1.54, 1.807) is 0 Å². The van der Waals surface area contributed by atoms with E-state index in [1.807, 2.05) is 11.8 Å². The fourth-order valence-electron chi connectivity index (χ4n) is 2.75. The van der Waals surface area contributed by atoms with Gasteiger partial charge in [-0.15, -0.1) is 0 Å². The molecule has 1 aliphatic rings. The van der Waals surface area contributed by atoms with Crippen LogP contribution in [0.3, 0.4) is 0 Å². The lowest BCUT2D eigenvalue weighted by atomic mass is 10.00. The van der Waals surface area contributed by atoms with Gasteiger partial charge in [0.1, 0.15) is 0 Å². The van der Waals surface area contributed by atoms with E-state index in [4.69, 9.17) is 0 Å². The van der Waals surface area contributed by atoms with Crippen molar-refractivity contribution >= 4 is 17.4 Å². The van der Waals surface area contributed by atoms with Crippen LogP contribution in [0.2, 0.25) is 0 Å². The second-order valence-electron chi connectivity index (χ2n) is 5.33. The van der Waals surface area contributed by atoms with Crippen molar-refractivity contribution in [3.05, 3.63) is 54.1 Å². The van der Waals surface area contributed by atoms with Gasteiger partial charge in [0.25, 0.3) is 0 Å². The van der Waals surface area contributed by atoms with Crippen LogP contribution in [0, 0.1) is 0 Å². The summed E-state index contributed by atoms with van der Waals surface area (Å²) in [5, 5.41) is 3.75. The number of anilines is 1. The van der Waals surface area contributed by atoms with Crippen molar-refractivity contribution in [1.29, 1.82) is 0 Å². The van der Waals surface area contributed by atoms with Gasteiger partial charge in [-0.05, 0) is 30.2 Å². The molecule has 0 unspecified atom stereocenters. The number of unbranched alkanes of at least 4 members (excludes halogenated alkanes) is 2. The zero-order valence-electron chi connectivity index (χ0n) is 11.9. The van der Waals surface area contributed by atoms with E-state index in [0.717, 1.165) is 0 Å². The van der Waals surface area contributed by atoms with Gasteiger partial charge in [-0.3, -0.25) is 0 Å². The van der Waals surface area contributed by atoms with E-state index in [2.05, 4.69) is 60.8 Å². The van der Waals surface area contributed by atoms with E-state index in [1.165, 1.54) is 46.7 Å². The standard InChI is InChI=1S/C18H21NS/c1-2-3-4-10-15-14-9-5-7-12-17(14)20-18-13-8-6-11-16(18)19-15/h5-9,11-13,15,19H,2-4,10H2,1H3/t15-/m1/s1. The van der Waals surface area contributed by atoms with Gasteiger partial charge < -0.3 is 5.32 Å². The lowest BCUT2D eigenvalue weighted by Gasteiger charge is -2.20. The maximum Gasteiger partial charge on any atom is 0.0525 e. The molecule has 0 aliphatic carbocycles. The number of hydrogen-bond acceptors (Lipinski definition) is 2.